The van der Waals surface area contributed by atoms with E-state index in [0.717, 1.165) is 0 Å². The van der Waals surface area contributed by atoms with Gasteiger partial charge in [0, 0.05) is 25.9 Å². The maximum Gasteiger partial charge on any atom is 0.303 e. The fourth-order valence-corrected chi connectivity index (χ4v) is 3.42. The van der Waals surface area contributed by atoms with Crippen molar-refractivity contribution in [1.29, 1.82) is 0 Å². The Kier molecular flexibility index (Phi) is 11.9. The number of unbranched alkanes of at least 4 members (excludes halogenated alkanes) is 1. The van der Waals surface area contributed by atoms with Gasteiger partial charge in [-0.25, -0.2) is 0 Å². The molecule has 1 rings (SSSR count). The molecular formula is C21H35N3O6. The van der Waals surface area contributed by atoms with Crippen molar-refractivity contribution in [3.8, 4) is 0 Å². The van der Waals surface area contributed by atoms with Crippen LogP contribution in [-0.2, 0) is 19.2 Å². The van der Waals surface area contributed by atoms with Crippen LogP contribution in [0.25, 0.3) is 0 Å². The standard InChI is InChI=1S/C21H35N3O6/c1-3-4-7-15(11-20(28)29)10-19(27)22-9-6-5-8-17(14(2)25)24-21(30)18-12-16(26)13-23-18/h3-4,15-18,23,26H,5-13H2,1-2H3,(H,22,27)(H,24,30)(H,28,29)/b4-3+/t15?,16?,17?,18-/m1/s1. The fraction of sp³-hybridized carbons (Fsp3) is 0.714. The zero-order chi connectivity index (χ0) is 22.5. The van der Waals surface area contributed by atoms with E-state index in [9.17, 15) is 24.3 Å². The van der Waals surface area contributed by atoms with Gasteiger partial charge in [0.1, 0.15) is 0 Å². The summed E-state index contributed by atoms with van der Waals surface area (Å²) in [4.78, 5) is 47.0. The second kappa shape index (κ2) is 13.9. The Hall–Kier alpha value is -2.26. The number of β-amino-alcohol motifs (C(OH)–C–C–N with tert-alkyl or cyclic N) is 1. The first-order valence-corrected chi connectivity index (χ1v) is 10.5. The lowest BCUT2D eigenvalue weighted by Crippen LogP contribution is -2.47. The second-order valence-corrected chi connectivity index (χ2v) is 7.84. The minimum atomic E-state index is -0.920. The molecule has 1 aliphatic heterocycles. The monoisotopic (exact) mass is 425 g/mol. The Morgan fingerprint density at radius 2 is 1.93 bits per heavy atom. The zero-order valence-corrected chi connectivity index (χ0v) is 17.9. The first-order chi connectivity index (χ1) is 14.2. The Labute approximate surface area is 177 Å². The van der Waals surface area contributed by atoms with Crippen LogP contribution in [0.15, 0.2) is 12.2 Å². The lowest BCUT2D eigenvalue weighted by atomic mass is 9.97. The highest BCUT2D eigenvalue weighted by atomic mass is 16.4. The topological polar surface area (TPSA) is 145 Å². The number of hydrogen-bond acceptors (Lipinski definition) is 6. The predicted molar refractivity (Wildman–Crippen MR) is 112 cm³/mol. The van der Waals surface area contributed by atoms with E-state index in [4.69, 9.17) is 5.11 Å². The second-order valence-electron chi connectivity index (χ2n) is 7.84. The number of carbonyl (C=O) groups is 4. The summed E-state index contributed by atoms with van der Waals surface area (Å²) in [6, 6.07) is -1.07. The van der Waals surface area contributed by atoms with Crippen molar-refractivity contribution in [2.75, 3.05) is 13.1 Å². The predicted octanol–water partition coefficient (Wildman–Crippen LogP) is 0.517. The van der Waals surface area contributed by atoms with Gasteiger partial charge in [-0.15, -0.1) is 0 Å². The van der Waals surface area contributed by atoms with Crippen LogP contribution in [0, 0.1) is 5.92 Å². The van der Waals surface area contributed by atoms with Gasteiger partial charge in [0.2, 0.25) is 11.8 Å². The summed E-state index contributed by atoms with van der Waals surface area (Å²) >= 11 is 0. The lowest BCUT2D eigenvalue weighted by molar-refractivity contribution is -0.138. The van der Waals surface area contributed by atoms with Crippen molar-refractivity contribution in [1.82, 2.24) is 16.0 Å². The van der Waals surface area contributed by atoms with Gasteiger partial charge in [-0.1, -0.05) is 12.2 Å². The molecule has 3 unspecified atom stereocenters. The van der Waals surface area contributed by atoms with Crippen LogP contribution in [0.1, 0.15) is 58.8 Å². The number of aliphatic carboxylic acids is 1. The molecule has 30 heavy (non-hydrogen) atoms. The summed E-state index contributed by atoms with van der Waals surface area (Å²) < 4.78 is 0. The molecule has 0 radical (unpaired) electrons. The Balaban J connectivity index is 2.30. The molecule has 9 heteroatoms. The minimum absolute atomic E-state index is 0.0510. The third kappa shape index (κ3) is 10.5. The number of carboxylic acid groups (broad SMARTS) is 1. The van der Waals surface area contributed by atoms with Gasteiger partial charge in [0.25, 0.3) is 0 Å². The molecule has 0 aromatic heterocycles. The van der Waals surface area contributed by atoms with Crippen molar-refractivity contribution in [2.45, 2.75) is 77.0 Å². The third-order valence-electron chi connectivity index (χ3n) is 5.12. The SMILES string of the molecule is C/C=C/CC(CC(=O)O)CC(=O)NCCCCC(NC(=O)[C@H]1CC(O)CN1)C(C)=O. The Morgan fingerprint density at radius 1 is 1.20 bits per heavy atom. The third-order valence-corrected chi connectivity index (χ3v) is 5.12. The molecule has 0 aromatic rings. The molecule has 4 atom stereocenters. The van der Waals surface area contributed by atoms with Crippen molar-refractivity contribution in [3.05, 3.63) is 12.2 Å². The van der Waals surface area contributed by atoms with E-state index >= 15 is 0 Å². The van der Waals surface area contributed by atoms with Crippen LogP contribution in [0.2, 0.25) is 0 Å². The number of hydrogen-bond donors (Lipinski definition) is 5. The van der Waals surface area contributed by atoms with Gasteiger partial charge in [0.15, 0.2) is 5.78 Å². The van der Waals surface area contributed by atoms with E-state index in [0.29, 0.717) is 45.2 Å². The van der Waals surface area contributed by atoms with Crippen LogP contribution in [-0.4, -0.2) is 65.1 Å². The van der Waals surface area contributed by atoms with Crippen molar-refractivity contribution in [3.63, 3.8) is 0 Å². The maximum atomic E-state index is 12.2. The van der Waals surface area contributed by atoms with Crippen LogP contribution >= 0.6 is 0 Å². The van der Waals surface area contributed by atoms with Crippen molar-refractivity contribution >= 4 is 23.6 Å². The Morgan fingerprint density at radius 3 is 2.50 bits per heavy atom. The molecule has 0 aromatic carbocycles. The number of amides is 2. The van der Waals surface area contributed by atoms with Crippen LogP contribution < -0.4 is 16.0 Å². The van der Waals surface area contributed by atoms with Crippen LogP contribution in [0.3, 0.4) is 0 Å². The minimum Gasteiger partial charge on any atom is -0.481 e. The fourth-order valence-electron chi connectivity index (χ4n) is 3.42. The van der Waals surface area contributed by atoms with Crippen molar-refractivity contribution in [2.24, 2.45) is 5.92 Å². The molecule has 1 saturated heterocycles. The number of nitrogens with one attached hydrogen (secondary N) is 3. The van der Waals surface area contributed by atoms with E-state index in [1.54, 1.807) is 0 Å². The quantitative estimate of drug-likeness (QED) is 0.201. The summed E-state index contributed by atoms with van der Waals surface area (Å²) in [6.45, 7) is 4.07. The van der Waals surface area contributed by atoms with Crippen LogP contribution in [0.5, 0.6) is 0 Å². The average Bonchev–Trinajstić information content (AvgIpc) is 3.10. The van der Waals surface area contributed by atoms with Gasteiger partial charge < -0.3 is 26.2 Å². The van der Waals surface area contributed by atoms with Gasteiger partial charge in [-0.3, -0.25) is 19.2 Å². The number of carboxylic acids is 1. The highest BCUT2D eigenvalue weighted by Crippen LogP contribution is 2.14. The van der Waals surface area contributed by atoms with Gasteiger partial charge in [0.05, 0.1) is 18.2 Å². The number of aliphatic hydroxyl groups is 1. The smallest absolute Gasteiger partial charge is 0.303 e. The number of Topliss-reactive ketones (excluding diaryl/α,β-unsaturated/α-hetero) is 1. The van der Waals surface area contributed by atoms with Crippen LogP contribution in [0.4, 0.5) is 0 Å². The lowest BCUT2D eigenvalue weighted by Gasteiger charge is -2.19. The molecule has 5 N–H and O–H groups in total. The highest BCUT2D eigenvalue weighted by molar-refractivity contribution is 5.89. The van der Waals surface area contributed by atoms with E-state index < -0.39 is 24.2 Å². The van der Waals surface area contributed by atoms with E-state index in [1.807, 2.05) is 19.1 Å². The maximum absolute atomic E-state index is 12.2. The van der Waals surface area contributed by atoms with Gasteiger partial charge >= 0.3 is 5.97 Å². The van der Waals surface area contributed by atoms with E-state index in [1.165, 1.54) is 6.92 Å². The molecule has 2 amide bonds. The Bertz CT molecular complexity index is 622. The summed E-state index contributed by atoms with van der Waals surface area (Å²) in [7, 11) is 0. The molecule has 0 bridgehead atoms. The number of rotatable bonds is 14. The highest BCUT2D eigenvalue weighted by Gasteiger charge is 2.30. The van der Waals surface area contributed by atoms with Crippen molar-refractivity contribution < 1.29 is 29.4 Å². The number of aliphatic hydroxyl groups excluding tert-OH is 1. The molecule has 0 aliphatic carbocycles. The molecule has 170 valence electrons. The van der Waals surface area contributed by atoms with Gasteiger partial charge in [-0.05, 0) is 51.9 Å². The van der Waals surface area contributed by atoms with E-state index in [-0.39, 0.29) is 36.4 Å². The molecule has 1 fully saturated rings. The number of allylic oxidation sites excluding steroid dienone is 2. The molecular weight excluding hydrogens is 390 g/mol. The molecule has 1 aliphatic rings. The van der Waals surface area contributed by atoms with Gasteiger partial charge in [-0.2, -0.15) is 0 Å². The summed E-state index contributed by atoms with van der Waals surface area (Å²) in [5.41, 5.74) is 0. The summed E-state index contributed by atoms with van der Waals surface area (Å²) in [5.74, 6) is -1.76. The summed E-state index contributed by atoms with van der Waals surface area (Å²) in [6.07, 6.45) is 5.88. The first kappa shape index (κ1) is 25.8. The first-order valence-electron chi connectivity index (χ1n) is 10.5. The molecule has 0 spiro atoms. The molecule has 1 heterocycles. The van der Waals surface area contributed by atoms with E-state index in [2.05, 4.69) is 16.0 Å². The largest absolute Gasteiger partial charge is 0.481 e. The number of ketones is 1. The normalized spacial score (nSPS) is 20.6. The molecule has 0 saturated carbocycles. The summed E-state index contributed by atoms with van der Waals surface area (Å²) in [5, 5.41) is 26.9. The number of carbonyl (C=O) groups excluding carboxylic acids is 3. The average molecular weight is 426 g/mol. The molecule has 9 nitrogen and oxygen atoms in total. The zero-order valence-electron chi connectivity index (χ0n) is 17.9.